The van der Waals surface area contributed by atoms with Gasteiger partial charge in [0.15, 0.2) is 0 Å². The smallest absolute Gasteiger partial charge is 0.310 e. The molecule has 1 aromatic rings. The lowest BCUT2D eigenvalue weighted by Gasteiger charge is -2.08. The van der Waals surface area contributed by atoms with Gasteiger partial charge in [0.2, 0.25) is 0 Å². The highest BCUT2D eigenvalue weighted by molar-refractivity contribution is 9.10. The fraction of sp³-hybridized carbons (Fsp3) is 0.333. The van der Waals surface area contributed by atoms with Gasteiger partial charge < -0.3 is 9.84 Å². The molecule has 0 amide bonds. The predicted molar refractivity (Wildman–Crippen MR) is 54.3 cm³/mol. The quantitative estimate of drug-likeness (QED) is 0.686. The molecule has 0 saturated carbocycles. The summed E-state index contributed by atoms with van der Waals surface area (Å²) in [4.78, 5) is 14.4. The Morgan fingerprint density at radius 1 is 1.69 bits per heavy atom. The third-order valence-electron chi connectivity index (χ3n) is 1.84. The van der Waals surface area contributed by atoms with Gasteiger partial charge in [0.25, 0.3) is 6.43 Å². The molecular formula is C9H8BrF2NO3. The first-order valence-corrected chi connectivity index (χ1v) is 4.98. The standard InChI is InChI=1S/C9H8BrF2NO3/c1-16-6(15)3-4-2-5(14)8(10)13-7(4)9(11)12/h2,9,14H,3H2,1H3. The van der Waals surface area contributed by atoms with Crippen LogP contribution >= 0.6 is 15.9 Å². The number of methoxy groups -OCH3 is 1. The van der Waals surface area contributed by atoms with E-state index in [9.17, 15) is 18.7 Å². The van der Waals surface area contributed by atoms with Crippen LogP contribution in [-0.2, 0) is 16.0 Å². The van der Waals surface area contributed by atoms with Crippen molar-refractivity contribution in [2.75, 3.05) is 7.11 Å². The molecule has 88 valence electrons. The minimum atomic E-state index is -2.82. The Morgan fingerprint density at radius 3 is 2.81 bits per heavy atom. The summed E-state index contributed by atoms with van der Waals surface area (Å²) in [5.74, 6) is -0.978. The number of rotatable bonds is 3. The van der Waals surface area contributed by atoms with E-state index in [0.717, 1.165) is 13.2 Å². The summed E-state index contributed by atoms with van der Waals surface area (Å²) < 4.78 is 29.4. The van der Waals surface area contributed by atoms with Crippen molar-refractivity contribution in [3.05, 3.63) is 21.9 Å². The molecule has 7 heteroatoms. The fourth-order valence-corrected chi connectivity index (χ4v) is 1.40. The molecular weight excluding hydrogens is 288 g/mol. The molecule has 16 heavy (non-hydrogen) atoms. The van der Waals surface area contributed by atoms with Gasteiger partial charge in [-0.3, -0.25) is 4.79 Å². The highest BCUT2D eigenvalue weighted by atomic mass is 79.9. The summed E-state index contributed by atoms with van der Waals surface area (Å²) in [6.07, 6.45) is -3.18. The summed E-state index contributed by atoms with van der Waals surface area (Å²) >= 11 is 2.82. The van der Waals surface area contributed by atoms with E-state index in [1.807, 2.05) is 0 Å². The van der Waals surface area contributed by atoms with Crippen LogP contribution in [0.1, 0.15) is 17.7 Å². The molecule has 1 N–H and O–H groups in total. The van der Waals surface area contributed by atoms with E-state index in [2.05, 4.69) is 25.7 Å². The van der Waals surface area contributed by atoms with Gasteiger partial charge in [-0.05, 0) is 27.6 Å². The SMILES string of the molecule is COC(=O)Cc1cc(O)c(Br)nc1C(F)F. The van der Waals surface area contributed by atoms with Gasteiger partial charge in [0, 0.05) is 0 Å². The zero-order chi connectivity index (χ0) is 12.3. The van der Waals surface area contributed by atoms with Crippen molar-refractivity contribution in [2.45, 2.75) is 12.8 Å². The molecule has 0 saturated heterocycles. The van der Waals surface area contributed by atoms with Crippen LogP contribution in [0.2, 0.25) is 0 Å². The van der Waals surface area contributed by atoms with Crippen molar-refractivity contribution in [1.29, 1.82) is 0 Å². The molecule has 0 fully saturated rings. The number of carbonyl (C=O) groups is 1. The first-order chi connectivity index (χ1) is 7.45. The summed E-state index contributed by atoms with van der Waals surface area (Å²) in [5.41, 5.74) is -0.599. The van der Waals surface area contributed by atoms with Gasteiger partial charge in [-0.2, -0.15) is 0 Å². The van der Waals surface area contributed by atoms with E-state index >= 15 is 0 Å². The maximum atomic E-state index is 12.6. The van der Waals surface area contributed by atoms with E-state index in [4.69, 9.17) is 0 Å². The maximum Gasteiger partial charge on any atom is 0.310 e. The highest BCUT2D eigenvalue weighted by Gasteiger charge is 2.19. The molecule has 1 rings (SSSR count). The monoisotopic (exact) mass is 295 g/mol. The lowest BCUT2D eigenvalue weighted by Crippen LogP contribution is -2.08. The Bertz CT molecular complexity index is 412. The van der Waals surface area contributed by atoms with Gasteiger partial charge in [0.1, 0.15) is 16.0 Å². The number of carbonyl (C=O) groups excluding carboxylic acids is 1. The van der Waals surface area contributed by atoms with Crippen molar-refractivity contribution in [3.8, 4) is 5.75 Å². The molecule has 4 nitrogen and oxygen atoms in total. The van der Waals surface area contributed by atoms with Crippen LogP contribution in [0.25, 0.3) is 0 Å². The Kier molecular flexibility index (Phi) is 4.17. The average Bonchev–Trinajstić information content (AvgIpc) is 2.22. The zero-order valence-corrected chi connectivity index (χ0v) is 9.79. The summed E-state index contributed by atoms with van der Waals surface area (Å²) in [5, 5.41) is 9.29. The molecule has 0 aromatic carbocycles. The first kappa shape index (κ1) is 12.8. The highest BCUT2D eigenvalue weighted by Crippen LogP contribution is 2.29. The van der Waals surface area contributed by atoms with Crippen LogP contribution in [0.3, 0.4) is 0 Å². The average molecular weight is 296 g/mol. The Morgan fingerprint density at radius 2 is 2.31 bits per heavy atom. The zero-order valence-electron chi connectivity index (χ0n) is 8.21. The van der Waals surface area contributed by atoms with E-state index in [0.29, 0.717) is 0 Å². The molecule has 1 heterocycles. The maximum absolute atomic E-state index is 12.6. The van der Waals surface area contributed by atoms with Crippen LogP contribution in [0, 0.1) is 0 Å². The van der Waals surface area contributed by atoms with E-state index < -0.39 is 18.1 Å². The number of hydrogen-bond acceptors (Lipinski definition) is 4. The van der Waals surface area contributed by atoms with E-state index in [1.54, 1.807) is 0 Å². The molecule has 0 spiro atoms. The van der Waals surface area contributed by atoms with Gasteiger partial charge >= 0.3 is 5.97 Å². The molecule has 0 aliphatic carbocycles. The number of pyridine rings is 1. The largest absolute Gasteiger partial charge is 0.505 e. The van der Waals surface area contributed by atoms with Crippen molar-refractivity contribution in [3.63, 3.8) is 0 Å². The number of aromatic nitrogens is 1. The molecule has 0 unspecified atom stereocenters. The van der Waals surface area contributed by atoms with Gasteiger partial charge in [-0.25, -0.2) is 13.8 Å². The lowest BCUT2D eigenvalue weighted by molar-refractivity contribution is -0.139. The Balaban J connectivity index is 3.14. The van der Waals surface area contributed by atoms with Crippen molar-refractivity contribution in [1.82, 2.24) is 4.98 Å². The second kappa shape index (κ2) is 5.20. The van der Waals surface area contributed by atoms with E-state index in [1.165, 1.54) is 0 Å². The molecule has 0 aliphatic rings. The minimum absolute atomic E-state index is 0.0532. The van der Waals surface area contributed by atoms with Gasteiger partial charge in [-0.1, -0.05) is 0 Å². The van der Waals surface area contributed by atoms with Crippen LogP contribution in [0.15, 0.2) is 10.7 Å². The van der Waals surface area contributed by atoms with Gasteiger partial charge in [-0.15, -0.1) is 0 Å². The number of nitrogens with zero attached hydrogens (tertiary/aromatic N) is 1. The molecule has 0 aliphatic heterocycles. The molecule has 0 bridgehead atoms. The van der Waals surface area contributed by atoms with Crippen LogP contribution < -0.4 is 0 Å². The molecule has 0 radical (unpaired) electrons. The fourth-order valence-electron chi connectivity index (χ4n) is 1.09. The van der Waals surface area contributed by atoms with Crippen molar-refractivity contribution >= 4 is 21.9 Å². The molecule has 0 atom stereocenters. The summed E-state index contributed by atoms with van der Waals surface area (Å²) in [6.45, 7) is 0. The minimum Gasteiger partial charge on any atom is -0.505 e. The second-order valence-corrected chi connectivity index (χ2v) is 3.65. The number of alkyl halides is 2. The summed E-state index contributed by atoms with van der Waals surface area (Å²) in [7, 11) is 1.15. The number of ether oxygens (including phenoxy) is 1. The number of aromatic hydroxyl groups is 1. The third kappa shape index (κ3) is 2.88. The van der Waals surface area contributed by atoms with Crippen LogP contribution in [0.4, 0.5) is 8.78 Å². The normalized spacial score (nSPS) is 10.6. The Hall–Kier alpha value is -1.24. The van der Waals surface area contributed by atoms with E-state index in [-0.39, 0.29) is 22.3 Å². The molecule has 1 aromatic heterocycles. The summed E-state index contributed by atoms with van der Waals surface area (Å²) in [6, 6.07) is 1.06. The number of esters is 1. The lowest BCUT2D eigenvalue weighted by atomic mass is 10.1. The Labute approximate surface area is 98.4 Å². The van der Waals surface area contributed by atoms with Crippen molar-refractivity contribution in [2.24, 2.45) is 0 Å². The number of hydrogen-bond donors (Lipinski definition) is 1. The van der Waals surface area contributed by atoms with Crippen LogP contribution in [0.5, 0.6) is 5.75 Å². The third-order valence-corrected chi connectivity index (χ3v) is 2.42. The van der Waals surface area contributed by atoms with Crippen LogP contribution in [-0.4, -0.2) is 23.2 Å². The topological polar surface area (TPSA) is 59.4 Å². The number of halogens is 3. The second-order valence-electron chi connectivity index (χ2n) is 2.90. The predicted octanol–water partition coefficient (Wildman–Crippen LogP) is 2.20. The van der Waals surface area contributed by atoms with Crippen molar-refractivity contribution < 1.29 is 23.4 Å². The first-order valence-electron chi connectivity index (χ1n) is 4.19. The van der Waals surface area contributed by atoms with Gasteiger partial charge in [0.05, 0.1) is 13.5 Å².